The van der Waals surface area contributed by atoms with E-state index in [2.05, 4.69) is 10.3 Å². The number of aromatic amines is 1. The van der Waals surface area contributed by atoms with Crippen molar-refractivity contribution >= 4 is 5.91 Å². The third-order valence-electron chi connectivity index (χ3n) is 4.12. The van der Waals surface area contributed by atoms with Gasteiger partial charge in [0.2, 0.25) is 5.91 Å². The molecule has 1 amide bonds. The van der Waals surface area contributed by atoms with E-state index in [4.69, 9.17) is 4.74 Å². The molecule has 0 radical (unpaired) electrons. The number of amides is 1. The van der Waals surface area contributed by atoms with Crippen LogP contribution in [0.4, 0.5) is 0 Å². The highest BCUT2D eigenvalue weighted by atomic mass is 16.5. The average Bonchev–Trinajstić information content (AvgIpc) is 2.70. The molecule has 1 heterocycles. The highest BCUT2D eigenvalue weighted by Gasteiger charge is 2.05. The molecule has 28 heavy (non-hydrogen) atoms. The second kappa shape index (κ2) is 9.36. The number of benzene rings is 2. The van der Waals surface area contributed by atoms with E-state index in [-0.39, 0.29) is 12.5 Å². The molecule has 7 heteroatoms. The lowest BCUT2D eigenvalue weighted by atomic mass is 10.1. The highest BCUT2D eigenvalue weighted by molar-refractivity contribution is 5.75. The predicted molar refractivity (Wildman–Crippen MR) is 105 cm³/mol. The lowest BCUT2D eigenvalue weighted by Crippen LogP contribution is -2.36. The Bertz CT molecular complexity index is 1020. The van der Waals surface area contributed by atoms with Crippen molar-refractivity contribution in [2.75, 3.05) is 6.54 Å². The van der Waals surface area contributed by atoms with Crippen molar-refractivity contribution in [2.45, 2.75) is 19.6 Å². The fourth-order valence-corrected chi connectivity index (χ4v) is 2.62. The Labute approximate surface area is 161 Å². The minimum absolute atomic E-state index is 0.137. The quantitative estimate of drug-likeness (QED) is 0.620. The van der Waals surface area contributed by atoms with Gasteiger partial charge in [-0.2, -0.15) is 0 Å². The van der Waals surface area contributed by atoms with E-state index in [9.17, 15) is 14.4 Å². The zero-order valence-electron chi connectivity index (χ0n) is 15.3. The molecule has 0 spiro atoms. The topological polar surface area (TPSA) is 93.2 Å². The SMILES string of the molecule is O=C(Cn1ccc(=O)[nH]c1=O)NCCc1ccc(OCc2ccccc2)cc1. The average molecular weight is 379 g/mol. The van der Waals surface area contributed by atoms with E-state index in [0.717, 1.165) is 21.4 Å². The second-order valence-electron chi connectivity index (χ2n) is 6.26. The summed E-state index contributed by atoms with van der Waals surface area (Å²) in [4.78, 5) is 36.6. The minimum atomic E-state index is -0.603. The highest BCUT2D eigenvalue weighted by Crippen LogP contribution is 2.14. The van der Waals surface area contributed by atoms with E-state index in [1.807, 2.05) is 54.6 Å². The largest absolute Gasteiger partial charge is 0.489 e. The summed E-state index contributed by atoms with van der Waals surface area (Å²) in [6.45, 7) is 0.823. The summed E-state index contributed by atoms with van der Waals surface area (Å²) in [7, 11) is 0. The van der Waals surface area contributed by atoms with Crippen LogP contribution in [0.2, 0.25) is 0 Å². The Balaban J connectivity index is 1.42. The summed E-state index contributed by atoms with van der Waals surface area (Å²) in [5.41, 5.74) is 1.08. The molecule has 0 atom stereocenters. The maximum Gasteiger partial charge on any atom is 0.328 e. The zero-order valence-corrected chi connectivity index (χ0v) is 15.3. The van der Waals surface area contributed by atoms with Crippen LogP contribution in [0.5, 0.6) is 5.75 Å². The second-order valence-corrected chi connectivity index (χ2v) is 6.26. The van der Waals surface area contributed by atoms with Crippen molar-refractivity contribution in [3.05, 3.63) is 98.8 Å². The molecule has 2 aromatic carbocycles. The molecule has 1 aromatic heterocycles. The van der Waals surface area contributed by atoms with Gasteiger partial charge in [0, 0.05) is 18.8 Å². The molecule has 0 unspecified atom stereocenters. The van der Waals surface area contributed by atoms with Crippen LogP contribution in [0.25, 0.3) is 0 Å². The maximum absolute atomic E-state index is 11.9. The predicted octanol–water partition coefficient (Wildman–Crippen LogP) is 1.47. The number of aromatic nitrogens is 2. The van der Waals surface area contributed by atoms with Crippen LogP contribution in [0.3, 0.4) is 0 Å². The molecule has 0 saturated carbocycles. The first-order valence-electron chi connectivity index (χ1n) is 8.92. The molecule has 0 bridgehead atoms. The van der Waals surface area contributed by atoms with Crippen LogP contribution in [0.15, 0.2) is 76.4 Å². The van der Waals surface area contributed by atoms with Crippen LogP contribution in [0.1, 0.15) is 11.1 Å². The lowest BCUT2D eigenvalue weighted by molar-refractivity contribution is -0.121. The molecule has 144 valence electrons. The molecule has 0 aliphatic heterocycles. The smallest absolute Gasteiger partial charge is 0.328 e. The van der Waals surface area contributed by atoms with Gasteiger partial charge in [-0.15, -0.1) is 0 Å². The Kier molecular flexibility index (Phi) is 6.41. The third kappa shape index (κ3) is 5.70. The van der Waals surface area contributed by atoms with Gasteiger partial charge in [0.25, 0.3) is 5.56 Å². The number of rotatable bonds is 8. The van der Waals surface area contributed by atoms with Crippen molar-refractivity contribution in [3.8, 4) is 5.75 Å². The summed E-state index contributed by atoms with van der Waals surface area (Å²) in [5, 5.41) is 2.76. The van der Waals surface area contributed by atoms with Crippen molar-refractivity contribution in [3.63, 3.8) is 0 Å². The maximum atomic E-state index is 11.9. The zero-order chi connectivity index (χ0) is 19.8. The summed E-state index contributed by atoms with van der Waals surface area (Å²) in [6, 6.07) is 18.9. The summed E-state index contributed by atoms with van der Waals surface area (Å²) >= 11 is 0. The molecule has 7 nitrogen and oxygen atoms in total. The van der Waals surface area contributed by atoms with E-state index >= 15 is 0 Å². The molecule has 3 aromatic rings. The molecule has 0 aliphatic carbocycles. The standard InChI is InChI=1S/C21H21N3O4/c25-19-11-13-24(21(27)23-19)14-20(26)22-12-10-16-6-8-18(9-7-16)28-15-17-4-2-1-3-5-17/h1-9,11,13H,10,12,14-15H2,(H,22,26)(H,23,25,27). The fourth-order valence-electron chi connectivity index (χ4n) is 2.62. The molecular weight excluding hydrogens is 358 g/mol. The van der Waals surface area contributed by atoms with Gasteiger partial charge in [0.15, 0.2) is 0 Å². The van der Waals surface area contributed by atoms with Gasteiger partial charge < -0.3 is 10.1 Å². The monoisotopic (exact) mass is 379 g/mol. The van der Waals surface area contributed by atoms with Gasteiger partial charge in [-0.1, -0.05) is 42.5 Å². The van der Waals surface area contributed by atoms with Crippen molar-refractivity contribution in [1.29, 1.82) is 0 Å². The normalized spacial score (nSPS) is 10.4. The first-order chi connectivity index (χ1) is 13.6. The molecule has 2 N–H and O–H groups in total. The first kappa shape index (κ1) is 19.2. The summed E-state index contributed by atoms with van der Waals surface area (Å²) in [6.07, 6.45) is 1.96. The number of H-pyrrole nitrogens is 1. The number of hydrogen-bond acceptors (Lipinski definition) is 4. The van der Waals surface area contributed by atoms with Gasteiger partial charge in [-0.25, -0.2) is 4.79 Å². The molecule has 0 fully saturated rings. The fraction of sp³-hybridized carbons (Fsp3) is 0.190. The number of hydrogen-bond donors (Lipinski definition) is 2. The van der Waals surface area contributed by atoms with Gasteiger partial charge in [0.1, 0.15) is 18.9 Å². The minimum Gasteiger partial charge on any atom is -0.489 e. The van der Waals surface area contributed by atoms with Crippen LogP contribution >= 0.6 is 0 Å². The van der Waals surface area contributed by atoms with Crippen LogP contribution in [0, 0.1) is 0 Å². The number of nitrogens with zero attached hydrogens (tertiary/aromatic N) is 1. The van der Waals surface area contributed by atoms with Gasteiger partial charge in [-0.05, 0) is 29.7 Å². The first-order valence-corrected chi connectivity index (χ1v) is 8.92. The van der Waals surface area contributed by atoms with Gasteiger partial charge >= 0.3 is 5.69 Å². The van der Waals surface area contributed by atoms with Crippen molar-refractivity contribution < 1.29 is 9.53 Å². The number of carbonyl (C=O) groups excluding carboxylic acids is 1. The third-order valence-corrected chi connectivity index (χ3v) is 4.12. The van der Waals surface area contributed by atoms with Crippen LogP contribution in [-0.4, -0.2) is 22.0 Å². The van der Waals surface area contributed by atoms with E-state index in [0.29, 0.717) is 19.6 Å². The Morgan fingerprint density at radius 2 is 1.71 bits per heavy atom. The molecule has 3 rings (SSSR count). The lowest BCUT2D eigenvalue weighted by Gasteiger charge is -2.09. The van der Waals surface area contributed by atoms with Gasteiger partial charge in [-0.3, -0.25) is 19.1 Å². The summed E-state index contributed by atoms with van der Waals surface area (Å²) in [5.74, 6) is 0.492. The molecular formula is C21H21N3O4. The summed E-state index contributed by atoms with van der Waals surface area (Å²) < 4.78 is 6.90. The number of nitrogens with one attached hydrogen (secondary N) is 2. The van der Waals surface area contributed by atoms with E-state index in [1.165, 1.54) is 12.3 Å². The Hall–Kier alpha value is -3.61. The number of carbonyl (C=O) groups is 1. The van der Waals surface area contributed by atoms with Gasteiger partial charge in [0.05, 0.1) is 0 Å². The van der Waals surface area contributed by atoms with Crippen LogP contribution < -0.4 is 21.3 Å². The number of ether oxygens (including phenoxy) is 1. The van der Waals surface area contributed by atoms with Crippen LogP contribution in [-0.2, 0) is 24.4 Å². The van der Waals surface area contributed by atoms with E-state index < -0.39 is 11.2 Å². The molecule has 0 aliphatic rings. The van der Waals surface area contributed by atoms with Crippen molar-refractivity contribution in [1.82, 2.24) is 14.9 Å². The van der Waals surface area contributed by atoms with Crippen molar-refractivity contribution in [2.24, 2.45) is 0 Å². The van der Waals surface area contributed by atoms with E-state index in [1.54, 1.807) is 0 Å². The molecule has 0 saturated heterocycles. The Morgan fingerprint density at radius 3 is 2.43 bits per heavy atom. The Morgan fingerprint density at radius 1 is 0.964 bits per heavy atom.